The van der Waals surface area contributed by atoms with Crippen molar-refractivity contribution in [2.24, 2.45) is 5.92 Å². The van der Waals surface area contributed by atoms with Crippen molar-refractivity contribution < 1.29 is 29.7 Å². The molecule has 11 nitrogen and oxygen atoms in total. The molecule has 27 heavy (non-hydrogen) atoms. The molecule has 0 radical (unpaired) electrons. The molecule has 3 rings (SSSR count). The fraction of sp³-hybridized carbons (Fsp3) is 0.500. The number of rotatable bonds is 5. The van der Waals surface area contributed by atoms with Gasteiger partial charge >= 0.3 is 5.97 Å². The molecule has 0 bridgehead atoms. The maximum Gasteiger partial charge on any atom is 0.308 e. The summed E-state index contributed by atoms with van der Waals surface area (Å²) in [6, 6.07) is 4.87. The molecule has 144 valence electrons. The molecule has 0 unspecified atom stereocenters. The molecule has 0 saturated carbocycles. The Morgan fingerprint density at radius 3 is 2.89 bits per heavy atom. The van der Waals surface area contributed by atoms with Crippen LogP contribution in [0.5, 0.6) is 0 Å². The van der Waals surface area contributed by atoms with Crippen molar-refractivity contribution in [2.45, 2.75) is 37.8 Å². The van der Waals surface area contributed by atoms with Crippen LogP contribution in [0.2, 0.25) is 0 Å². The number of aliphatic hydroxyl groups excluding tert-OH is 2. The van der Waals surface area contributed by atoms with E-state index >= 15 is 0 Å². The molecule has 4 N–H and O–H groups in total. The number of anilines is 1. The lowest BCUT2D eigenvalue weighted by atomic mass is 9.92. The molecular formula is C16H19N5O6. The highest BCUT2D eigenvalue weighted by molar-refractivity contribution is 5.71. The largest absolute Gasteiger partial charge is 0.463 e. The van der Waals surface area contributed by atoms with Crippen molar-refractivity contribution in [3.8, 4) is 6.07 Å². The standard InChI is InChI=1S/C16H19N5O6/c1-8(2)15(24)26-5-10-12(22)13(23)16(6-17,27-10)11-4-3-9-14(20-25)18-7-19-21(9)11/h3-4,7-8,10,12-13,22-23,25H,5H2,1-2H3,(H,18,19,20)/t10-,12-,13-,16+/m1/s1. The van der Waals surface area contributed by atoms with Gasteiger partial charge in [0.2, 0.25) is 5.60 Å². The number of carbonyl (C=O) groups is 1. The predicted molar refractivity (Wildman–Crippen MR) is 88.4 cm³/mol. The van der Waals surface area contributed by atoms with Gasteiger partial charge in [-0.3, -0.25) is 15.5 Å². The molecule has 0 aromatic carbocycles. The molecule has 1 aliphatic rings. The number of esters is 1. The Labute approximate surface area is 153 Å². The Bertz CT molecular complexity index is 893. The predicted octanol–water partition coefficient (Wildman–Crippen LogP) is -0.431. The molecule has 3 heterocycles. The second-order valence-corrected chi connectivity index (χ2v) is 6.46. The van der Waals surface area contributed by atoms with Gasteiger partial charge in [0, 0.05) is 0 Å². The zero-order valence-electron chi connectivity index (χ0n) is 14.6. The van der Waals surface area contributed by atoms with Gasteiger partial charge in [-0.1, -0.05) is 13.8 Å². The first-order chi connectivity index (χ1) is 12.9. The van der Waals surface area contributed by atoms with Gasteiger partial charge in [-0.15, -0.1) is 0 Å². The zero-order valence-corrected chi connectivity index (χ0v) is 14.6. The molecule has 2 aromatic rings. The van der Waals surface area contributed by atoms with E-state index in [-0.39, 0.29) is 24.0 Å². The summed E-state index contributed by atoms with van der Waals surface area (Å²) in [5.41, 5.74) is 0.407. The van der Waals surface area contributed by atoms with E-state index in [0.717, 1.165) is 6.33 Å². The summed E-state index contributed by atoms with van der Waals surface area (Å²) in [4.78, 5) is 15.5. The first-order valence-corrected chi connectivity index (χ1v) is 8.21. The van der Waals surface area contributed by atoms with Crippen LogP contribution in [-0.2, 0) is 19.9 Å². The van der Waals surface area contributed by atoms with Gasteiger partial charge < -0.3 is 19.7 Å². The molecule has 1 saturated heterocycles. The molecule has 0 amide bonds. The van der Waals surface area contributed by atoms with Crippen molar-refractivity contribution >= 4 is 17.3 Å². The summed E-state index contributed by atoms with van der Waals surface area (Å²) >= 11 is 0. The minimum Gasteiger partial charge on any atom is -0.463 e. The number of hydrogen-bond donors (Lipinski definition) is 4. The fourth-order valence-corrected chi connectivity index (χ4v) is 2.95. The van der Waals surface area contributed by atoms with E-state index in [1.807, 2.05) is 11.5 Å². The van der Waals surface area contributed by atoms with E-state index in [2.05, 4.69) is 10.1 Å². The minimum atomic E-state index is -1.96. The van der Waals surface area contributed by atoms with Crippen LogP contribution in [0.1, 0.15) is 19.5 Å². The lowest BCUT2D eigenvalue weighted by Crippen LogP contribution is -2.41. The van der Waals surface area contributed by atoms with Crippen LogP contribution in [-0.4, -0.2) is 60.9 Å². The van der Waals surface area contributed by atoms with E-state index in [1.54, 1.807) is 13.8 Å². The molecule has 2 aromatic heterocycles. The van der Waals surface area contributed by atoms with Gasteiger partial charge in [-0.25, -0.2) is 9.50 Å². The third-order valence-corrected chi connectivity index (χ3v) is 4.42. The van der Waals surface area contributed by atoms with Crippen molar-refractivity contribution in [2.75, 3.05) is 12.1 Å². The Kier molecular flexibility index (Phi) is 4.99. The maximum absolute atomic E-state index is 11.7. The van der Waals surface area contributed by atoms with Crippen LogP contribution in [0, 0.1) is 17.2 Å². The van der Waals surface area contributed by atoms with Gasteiger partial charge in [0.1, 0.15) is 42.8 Å². The number of carbonyl (C=O) groups excluding carboxylic acids is 1. The molecule has 11 heteroatoms. The number of ether oxygens (including phenoxy) is 2. The van der Waals surface area contributed by atoms with Crippen LogP contribution >= 0.6 is 0 Å². The summed E-state index contributed by atoms with van der Waals surface area (Å²) in [6.45, 7) is 2.99. The third kappa shape index (κ3) is 2.98. The summed E-state index contributed by atoms with van der Waals surface area (Å²) in [5, 5.41) is 43.8. The van der Waals surface area contributed by atoms with Crippen molar-refractivity contribution in [1.29, 1.82) is 5.26 Å². The highest BCUT2D eigenvalue weighted by Gasteiger charge is 2.57. The van der Waals surface area contributed by atoms with E-state index < -0.39 is 29.9 Å². The van der Waals surface area contributed by atoms with Gasteiger partial charge in [0.05, 0.1) is 11.6 Å². The number of nitriles is 1. The summed E-state index contributed by atoms with van der Waals surface area (Å²) in [6.07, 6.45) is -3.05. The second-order valence-electron chi connectivity index (χ2n) is 6.46. The second kappa shape index (κ2) is 7.09. The lowest BCUT2D eigenvalue weighted by Gasteiger charge is -2.24. The topological polar surface area (TPSA) is 162 Å². The summed E-state index contributed by atoms with van der Waals surface area (Å²) in [5.74, 6) is -0.779. The Balaban J connectivity index is 1.96. The number of aromatic nitrogens is 3. The fourth-order valence-electron chi connectivity index (χ4n) is 2.95. The van der Waals surface area contributed by atoms with E-state index in [1.165, 1.54) is 16.6 Å². The van der Waals surface area contributed by atoms with Crippen LogP contribution in [0.15, 0.2) is 18.5 Å². The van der Waals surface area contributed by atoms with Crippen LogP contribution in [0.4, 0.5) is 5.82 Å². The van der Waals surface area contributed by atoms with E-state index in [4.69, 9.17) is 14.7 Å². The molecular weight excluding hydrogens is 358 g/mol. The number of nitrogens with one attached hydrogen (secondary N) is 1. The monoisotopic (exact) mass is 377 g/mol. The lowest BCUT2D eigenvalue weighted by molar-refractivity contribution is -0.154. The van der Waals surface area contributed by atoms with E-state index in [9.17, 15) is 20.3 Å². The first-order valence-electron chi connectivity index (χ1n) is 8.21. The Morgan fingerprint density at radius 1 is 1.52 bits per heavy atom. The SMILES string of the molecule is CC(C)C(=O)OC[C@H]1O[C@@](C#N)(c2ccc3c(NO)ncnn23)[C@H](O)[C@@H]1O. The quantitative estimate of drug-likeness (QED) is 0.397. The van der Waals surface area contributed by atoms with Gasteiger partial charge in [-0.05, 0) is 12.1 Å². The molecule has 4 atom stereocenters. The van der Waals surface area contributed by atoms with Crippen molar-refractivity contribution in [1.82, 2.24) is 14.6 Å². The minimum absolute atomic E-state index is 0.0831. The number of aliphatic hydroxyl groups is 2. The average Bonchev–Trinajstić information content (AvgIpc) is 3.20. The number of fused-ring (bicyclic) bond motifs is 1. The third-order valence-electron chi connectivity index (χ3n) is 4.42. The van der Waals surface area contributed by atoms with Crippen molar-refractivity contribution in [3.63, 3.8) is 0 Å². The maximum atomic E-state index is 11.7. The molecule has 1 aliphatic heterocycles. The summed E-state index contributed by atoms with van der Waals surface area (Å²) < 4.78 is 12.0. The highest BCUT2D eigenvalue weighted by atomic mass is 16.6. The molecule has 0 spiro atoms. The zero-order chi connectivity index (χ0) is 19.8. The molecule has 1 fully saturated rings. The number of nitrogens with zero attached hydrogens (tertiary/aromatic N) is 4. The van der Waals surface area contributed by atoms with Gasteiger partial charge in [0.15, 0.2) is 5.82 Å². The molecule has 0 aliphatic carbocycles. The number of hydrogen-bond acceptors (Lipinski definition) is 10. The normalized spacial score (nSPS) is 27.7. The Morgan fingerprint density at radius 2 is 2.26 bits per heavy atom. The van der Waals surface area contributed by atoms with Gasteiger partial charge in [0.25, 0.3) is 0 Å². The van der Waals surface area contributed by atoms with Crippen LogP contribution in [0.25, 0.3) is 5.52 Å². The first kappa shape index (κ1) is 19.0. The average molecular weight is 377 g/mol. The summed E-state index contributed by atoms with van der Waals surface area (Å²) in [7, 11) is 0. The van der Waals surface area contributed by atoms with Crippen molar-refractivity contribution in [3.05, 3.63) is 24.2 Å². The Hall–Kier alpha value is -2.78. The van der Waals surface area contributed by atoms with Gasteiger partial charge in [-0.2, -0.15) is 10.4 Å². The van der Waals surface area contributed by atoms with E-state index in [0.29, 0.717) is 5.52 Å². The van der Waals surface area contributed by atoms with Crippen LogP contribution in [0.3, 0.4) is 0 Å². The smallest absolute Gasteiger partial charge is 0.308 e. The highest BCUT2D eigenvalue weighted by Crippen LogP contribution is 2.40. The van der Waals surface area contributed by atoms with Crippen LogP contribution < -0.4 is 5.48 Å².